The van der Waals surface area contributed by atoms with Gasteiger partial charge in [0.2, 0.25) is 5.91 Å². The number of rotatable bonds is 4. The van der Waals surface area contributed by atoms with Crippen LogP contribution in [0.2, 0.25) is 0 Å². The molecule has 2 fully saturated rings. The number of amides is 3. The molecule has 0 radical (unpaired) electrons. The summed E-state index contributed by atoms with van der Waals surface area (Å²) in [6.45, 7) is 2.93. The Bertz CT molecular complexity index is 638. The van der Waals surface area contributed by atoms with Crippen molar-refractivity contribution in [3.05, 3.63) is 30.1 Å². The van der Waals surface area contributed by atoms with Crippen molar-refractivity contribution in [2.45, 2.75) is 38.1 Å². The van der Waals surface area contributed by atoms with Crippen LogP contribution in [-0.4, -0.2) is 67.6 Å². The van der Waals surface area contributed by atoms with E-state index in [0.717, 1.165) is 12.8 Å². The molecule has 2 aliphatic rings. The Morgan fingerprint density at radius 2 is 1.70 bits per heavy atom. The molecule has 3 amide bonds. The number of urea groups is 1. The summed E-state index contributed by atoms with van der Waals surface area (Å²) in [7, 11) is 1.69. The zero-order chi connectivity index (χ0) is 19.2. The minimum absolute atomic E-state index is 0.0881. The number of benzene rings is 1. The van der Waals surface area contributed by atoms with Gasteiger partial charge >= 0.3 is 6.03 Å². The Morgan fingerprint density at radius 1 is 1.07 bits per heavy atom. The van der Waals surface area contributed by atoms with Crippen LogP contribution in [0.5, 0.6) is 0 Å². The molecule has 1 saturated carbocycles. The van der Waals surface area contributed by atoms with Crippen LogP contribution in [-0.2, 0) is 4.79 Å². The van der Waals surface area contributed by atoms with E-state index in [4.69, 9.17) is 0 Å². The first-order valence-electron chi connectivity index (χ1n) is 9.83. The van der Waals surface area contributed by atoms with E-state index in [1.807, 2.05) is 0 Å². The molecule has 0 unspecified atom stereocenters. The zero-order valence-corrected chi connectivity index (χ0v) is 16.0. The predicted octanol–water partition coefficient (Wildman–Crippen LogP) is 2.45. The van der Waals surface area contributed by atoms with Crippen LogP contribution in [0.25, 0.3) is 0 Å². The lowest BCUT2D eigenvalue weighted by Crippen LogP contribution is -2.54. The number of anilines is 1. The van der Waals surface area contributed by atoms with Gasteiger partial charge < -0.3 is 10.2 Å². The molecule has 1 heterocycles. The summed E-state index contributed by atoms with van der Waals surface area (Å²) >= 11 is 0. The minimum Gasteiger partial charge on any atom is -0.352 e. The fourth-order valence-corrected chi connectivity index (χ4v) is 3.81. The molecule has 148 valence electrons. The second kappa shape index (κ2) is 9.17. The van der Waals surface area contributed by atoms with E-state index >= 15 is 0 Å². The highest BCUT2D eigenvalue weighted by molar-refractivity contribution is 5.91. The molecule has 1 aromatic rings. The largest absolute Gasteiger partial charge is 0.352 e. The van der Waals surface area contributed by atoms with Crippen LogP contribution in [0.4, 0.5) is 14.9 Å². The van der Waals surface area contributed by atoms with E-state index < -0.39 is 0 Å². The summed E-state index contributed by atoms with van der Waals surface area (Å²) in [5.41, 5.74) is 0.663. The molecule has 1 saturated heterocycles. The molecular formula is C20H29FN4O2. The Balaban J connectivity index is 1.43. The van der Waals surface area contributed by atoms with Gasteiger partial charge in [0.25, 0.3) is 0 Å². The number of nitrogens with one attached hydrogen (secondary N) is 1. The molecule has 1 aliphatic heterocycles. The maximum absolute atomic E-state index is 13.0. The first kappa shape index (κ1) is 19.6. The molecular weight excluding hydrogens is 347 g/mol. The lowest BCUT2D eigenvalue weighted by atomic mass is 9.95. The van der Waals surface area contributed by atoms with Crippen molar-refractivity contribution >= 4 is 17.6 Å². The van der Waals surface area contributed by atoms with Crippen LogP contribution in [0, 0.1) is 5.82 Å². The zero-order valence-electron chi connectivity index (χ0n) is 16.0. The Hall–Kier alpha value is -2.15. The molecule has 0 aromatic heterocycles. The highest BCUT2D eigenvalue weighted by atomic mass is 19.1. The highest BCUT2D eigenvalue weighted by Crippen LogP contribution is 2.18. The predicted molar refractivity (Wildman–Crippen MR) is 103 cm³/mol. The average molecular weight is 376 g/mol. The van der Waals surface area contributed by atoms with Crippen molar-refractivity contribution in [1.29, 1.82) is 0 Å². The third-order valence-corrected chi connectivity index (χ3v) is 5.48. The summed E-state index contributed by atoms with van der Waals surface area (Å²) in [5.74, 6) is -0.232. The van der Waals surface area contributed by atoms with Gasteiger partial charge in [-0.3, -0.25) is 14.6 Å². The highest BCUT2D eigenvalue weighted by Gasteiger charge is 2.25. The van der Waals surface area contributed by atoms with E-state index in [1.54, 1.807) is 24.1 Å². The Morgan fingerprint density at radius 3 is 2.33 bits per heavy atom. The number of hydrogen-bond donors (Lipinski definition) is 1. The SMILES string of the molecule is CN(C(=O)N1CCN(CC(=O)NC2CCCCC2)CC1)c1ccc(F)cc1. The van der Waals surface area contributed by atoms with Crippen molar-refractivity contribution in [1.82, 2.24) is 15.1 Å². The van der Waals surface area contributed by atoms with Crippen molar-refractivity contribution < 1.29 is 14.0 Å². The van der Waals surface area contributed by atoms with Gasteiger partial charge in [0.15, 0.2) is 0 Å². The topological polar surface area (TPSA) is 55.9 Å². The number of hydrogen-bond acceptors (Lipinski definition) is 3. The first-order valence-corrected chi connectivity index (χ1v) is 9.83. The van der Waals surface area contributed by atoms with Gasteiger partial charge in [0.05, 0.1) is 6.54 Å². The van der Waals surface area contributed by atoms with Crippen LogP contribution >= 0.6 is 0 Å². The molecule has 1 N–H and O–H groups in total. The van der Waals surface area contributed by atoms with Gasteiger partial charge in [-0.1, -0.05) is 19.3 Å². The van der Waals surface area contributed by atoms with Crippen molar-refractivity contribution in [2.75, 3.05) is 44.7 Å². The smallest absolute Gasteiger partial charge is 0.324 e. The molecule has 0 bridgehead atoms. The lowest BCUT2D eigenvalue weighted by Gasteiger charge is -2.36. The maximum Gasteiger partial charge on any atom is 0.324 e. The first-order chi connectivity index (χ1) is 13.0. The molecule has 3 rings (SSSR count). The molecule has 1 aromatic carbocycles. The van der Waals surface area contributed by atoms with Gasteiger partial charge in [-0.25, -0.2) is 9.18 Å². The summed E-state index contributed by atoms with van der Waals surface area (Å²) in [6.07, 6.45) is 5.85. The van der Waals surface area contributed by atoms with E-state index in [9.17, 15) is 14.0 Å². The standard InChI is InChI=1S/C20H29FN4O2/c1-23(18-9-7-16(21)8-10-18)20(27)25-13-11-24(12-14-25)15-19(26)22-17-5-3-2-4-6-17/h7-10,17H,2-6,11-15H2,1H3,(H,22,26). The van der Waals surface area contributed by atoms with E-state index in [0.29, 0.717) is 44.5 Å². The minimum atomic E-state index is -0.320. The van der Waals surface area contributed by atoms with Crippen LogP contribution in [0.3, 0.4) is 0 Å². The van der Waals surface area contributed by atoms with Crippen LogP contribution < -0.4 is 10.2 Å². The maximum atomic E-state index is 13.0. The third-order valence-electron chi connectivity index (χ3n) is 5.48. The monoisotopic (exact) mass is 376 g/mol. The van der Waals surface area contributed by atoms with Crippen molar-refractivity contribution in [2.24, 2.45) is 0 Å². The molecule has 27 heavy (non-hydrogen) atoms. The number of carbonyl (C=O) groups is 2. The van der Waals surface area contributed by atoms with Crippen molar-refractivity contribution in [3.8, 4) is 0 Å². The van der Waals surface area contributed by atoms with Gasteiger partial charge in [-0.05, 0) is 37.1 Å². The fourth-order valence-electron chi connectivity index (χ4n) is 3.81. The second-order valence-corrected chi connectivity index (χ2v) is 7.48. The van der Waals surface area contributed by atoms with E-state index in [2.05, 4.69) is 10.2 Å². The van der Waals surface area contributed by atoms with Crippen molar-refractivity contribution in [3.63, 3.8) is 0 Å². The van der Waals surface area contributed by atoms with Gasteiger partial charge in [0.1, 0.15) is 5.82 Å². The second-order valence-electron chi connectivity index (χ2n) is 7.48. The van der Waals surface area contributed by atoms with Gasteiger partial charge in [-0.2, -0.15) is 0 Å². The van der Waals surface area contributed by atoms with Crippen LogP contribution in [0.15, 0.2) is 24.3 Å². The summed E-state index contributed by atoms with van der Waals surface area (Å²) in [4.78, 5) is 30.3. The molecule has 0 spiro atoms. The summed E-state index contributed by atoms with van der Waals surface area (Å²) in [6, 6.07) is 6.12. The number of halogens is 1. The van der Waals surface area contributed by atoms with E-state index in [-0.39, 0.29) is 17.8 Å². The third kappa shape index (κ3) is 5.42. The quantitative estimate of drug-likeness (QED) is 0.878. The fraction of sp³-hybridized carbons (Fsp3) is 0.600. The summed E-state index contributed by atoms with van der Waals surface area (Å²) < 4.78 is 13.0. The van der Waals surface area contributed by atoms with E-state index in [1.165, 1.54) is 36.3 Å². The van der Waals surface area contributed by atoms with Crippen LogP contribution in [0.1, 0.15) is 32.1 Å². The molecule has 7 heteroatoms. The Labute approximate surface area is 160 Å². The Kier molecular flexibility index (Phi) is 6.66. The number of piperazine rings is 1. The molecule has 1 aliphatic carbocycles. The average Bonchev–Trinajstić information content (AvgIpc) is 2.69. The normalized spacial score (nSPS) is 19.0. The lowest BCUT2D eigenvalue weighted by molar-refractivity contribution is -0.123. The van der Waals surface area contributed by atoms with Gasteiger partial charge in [0, 0.05) is 45.0 Å². The van der Waals surface area contributed by atoms with Gasteiger partial charge in [-0.15, -0.1) is 0 Å². The number of carbonyl (C=O) groups excluding carboxylic acids is 2. The number of nitrogens with zero attached hydrogens (tertiary/aromatic N) is 3. The summed E-state index contributed by atoms with van der Waals surface area (Å²) in [5, 5.41) is 3.14. The molecule has 0 atom stereocenters. The molecule has 6 nitrogen and oxygen atoms in total.